The van der Waals surface area contributed by atoms with Gasteiger partial charge in [-0.1, -0.05) is 0 Å². The highest BCUT2D eigenvalue weighted by Gasteiger charge is 2.06. The van der Waals surface area contributed by atoms with E-state index < -0.39 is 0 Å². The molecule has 0 radical (unpaired) electrons. The second-order valence-electron chi connectivity index (χ2n) is 3.77. The first-order valence-corrected chi connectivity index (χ1v) is 5.53. The van der Waals surface area contributed by atoms with Crippen molar-refractivity contribution in [3.05, 3.63) is 11.4 Å². The molecule has 5 nitrogen and oxygen atoms in total. The number of hydrogen-bond donors (Lipinski definition) is 1. The van der Waals surface area contributed by atoms with Crippen molar-refractivity contribution in [3.63, 3.8) is 0 Å². The van der Waals surface area contributed by atoms with Crippen molar-refractivity contribution in [1.82, 2.24) is 9.78 Å². The molecule has 2 N–H and O–H groups in total. The van der Waals surface area contributed by atoms with Crippen LogP contribution in [0.2, 0.25) is 0 Å². The standard InChI is InChI=1S/C11H21N3O2/c1-9-11(12)10(2)14(13-9)5-4-6-16-8-7-15-3/h4-8,12H2,1-3H3. The monoisotopic (exact) mass is 227 g/mol. The number of nitrogen functional groups attached to an aromatic ring is 1. The predicted octanol–water partition coefficient (Wildman–Crippen LogP) is 1.14. The lowest BCUT2D eigenvalue weighted by Gasteiger charge is -2.05. The van der Waals surface area contributed by atoms with Crippen LogP contribution >= 0.6 is 0 Å². The Hall–Kier alpha value is -1.07. The zero-order valence-electron chi connectivity index (χ0n) is 10.3. The minimum atomic E-state index is 0.646. The Morgan fingerprint density at radius 2 is 2.00 bits per heavy atom. The lowest BCUT2D eigenvalue weighted by atomic mass is 10.3. The van der Waals surface area contributed by atoms with E-state index in [1.165, 1.54) is 0 Å². The molecule has 1 aromatic heterocycles. The van der Waals surface area contributed by atoms with Gasteiger partial charge in [0.2, 0.25) is 0 Å². The number of rotatable bonds is 7. The Morgan fingerprint density at radius 3 is 2.56 bits per heavy atom. The molecule has 16 heavy (non-hydrogen) atoms. The summed E-state index contributed by atoms with van der Waals surface area (Å²) in [6.07, 6.45) is 0.936. The summed E-state index contributed by atoms with van der Waals surface area (Å²) in [7, 11) is 1.67. The van der Waals surface area contributed by atoms with Crippen molar-refractivity contribution >= 4 is 5.69 Å². The topological polar surface area (TPSA) is 62.3 Å². The van der Waals surface area contributed by atoms with Crippen LogP contribution in [0.3, 0.4) is 0 Å². The summed E-state index contributed by atoms with van der Waals surface area (Å²) in [5, 5.41) is 4.36. The van der Waals surface area contributed by atoms with Gasteiger partial charge in [0.05, 0.1) is 30.3 Å². The van der Waals surface area contributed by atoms with Gasteiger partial charge in [0.25, 0.3) is 0 Å². The quantitative estimate of drug-likeness (QED) is 0.709. The molecule has 0 spiro atoms. The average Bonchev–Trinajstić information content (AvgIpc) is 2.51. The van der Waals surface area contributed by atoms with E-state index in [0.717, 1.165) is 36.6 Å². The third-order valence-electron chi connectivity index (χ3n) is 2.53. The molecule has 92 valence electrons. The van der Waals surface area contributed by atoms with Crippen LogP contribution in [0, 0.1) is 13.8 Å². The molecule has 0 aliphatic carbocycles. The van der Waals surface area contributed by atoms with Crippen LogP contribution < -0.4 is 5.73 Å². The minimum Gasteiger partial charge on any atom is -0.396 e. The number of aromatic nitrogens is 2. The van der Waals surface area contributed by atoms with E-state index in [1.807, 2.05) is 18.5 Å². The summed E-state index contributed by atoms with van der Waals surface area (Å²) in [5.41, 5.74) is 8.57. The first-order chi connectivity index (χ1) is 7.66. The van der Waals surface area contributed by atoms with Gasteiger partial charge in [-0.05, 0) is 20.3 Å². The number of nitrogens with zero attached hydrogens (tertiary/aromatic N) is 2. The van der Waals surface area contributed by atoms with Gasteiger partial charge >= 0.3 is 0 Å². The smallest absolute Gasteiger partial charge is 0.0825 e. The highest BCUT2D eigenvalue weighted by Crippen LogP contribution is 2.14. The van der Waals surface area contributed by atoms with Gasteiger partial charge in [-0.3, -0.25) is 4.68 Å². The number of nitrogens with two attached hydrogens (primary N) is 1. The average molecular weight is 227 g/mol. The van der Waals surface area contributed by atoms with E-state index in [-0.39, 0.29) is 0 Å². The Kier molecular flexibility index (Phi) is 5.28. The highest BCUT2D eigenvalue weighted by atomic mass is 16.5. The van der Waals surface area contributed by atoms with E-state index in [9.17, 15) is 0 Å². The Labute approximate surface area is 96.5 Å². The minimum absolute atomic E-state index is 0.646. The molecule has 0 saturated carbocycles. The molecule has 1 aromatic rings. The molecule has 1 heterocycles. The third-order valence-corrected chi connectivity index (χ3v) is 2.53. The first kappa shape index (κ1) is 13.0. The lowest BCUT2D eigenvalue weighted by molar-refractivity contribution is 0.0676. The largest absolute Gasteiger partial charge is 0.396 e. The molecular formula is C11H21N3O2. The van der Waals surface area contributed by atoms with E-state index >= 15 is 0 Å². The van der Waals surface area contributed by atoms with Crippen molar-refractivity contribution < 1.29 is 9.47 Å². The van der Waals surface area contributed by atoms with Crippen LogP contribution in [0.1, 0.15) is 17.8 Å². The molecule has 0 unspecified atom stereocenters. The zero-order chi connectivity index (χ0) is 12.0. The molecule has 0 saturated heterocycles. The van der Waals surface area contributed by atoms with Crippen LogP contribution in [0.15, 0.2) is 0 Å². The Morgan fingerprint density at radius 1 is 1.25 bits per heavy atom. The van der Waals surface area contributed by atoms with Crippen molar-refractivity contribution in [3.8, 4) is 0 Å². The highest BCUT2D eigenvalue weighted by molar-refractivity contribution is 5.46. The van der Waals surface area contributed by atoms with E-state index in [4.69, 9.17) is 15.2 Å². The van der Waals surface area contributed by atoms with Gasteiger partial charge in [0.1, 0.15) is 0 Å². The lowest BCUT2D eigenvalue weighted by Crippen LogP contribution is -2.08. The summed E-state index contributed by atoms with van der Waals surface area (Å²) < 4.78 is 12.2. The van der Waals surface area contributed by atoms with E-state index in [1.54, 1.807) is 7.11 Å². The normalized spacial score (nSPS) is 10.9. The predicted molar refractivity (Wildman–Crippen MR) is 63.4 cm³/mol. The molecule has 0 aliphatic rings. The maximum atomic E-state index is 5.84. The SMILES string of the molecule is COCCOCCCn1nc(C)c(N)c1C. The van der Waals surface area contributed by atoms with Gasteiger partial charge in [0.15, 0.2) is 0 Å². The van der Waals surface area contributed by atoms with Crippen LogP contribution in [0.25, 0.3) is 0 Å². The molecule has 0 aliphatic heterocycles. The van der Waals surface area contributed by atoms with Gasteiger partial charge < -0.3 is 15.2 Å². The molecule has 0 aromatic carbocycles. The molecular weight excluding hydrogens is 206 g/mol. The van der Waals surface area contributed by atoms with Crippen LogP contribution in [-0.2, 0) is 16.0 Å². The summed E-state index contributed by atoms with van der Waals surface area (Å²) >= 11 is 0. The van der Waals surface area contributed by atoms with Crippen LogP contribution in [0.5, 0.6) is 0 Å². The van der Waals surface area contributed by atoms with Crippen LogP contribution in [-0.4, -0.2) is 36.7 Å². The fourth-order valence-corrected chi connectivity index (χ4v) is 1.49. The number of anilines is 1. The summed E-state index contributed by atoms with van der Waals surface area (Å²) in [6, 6.07) is 0. The fraction of sp³-hybridized carbons (Fsp3) is 0.727. The number of aryl methyl sites for hydroxylation is 2. The van der Waals surface area contributed by atoms with Gasteiger partial charge in [-0.15, -0.1) is 0 Å². The molecule has 1 rings (SSSR count). The van der Waals surface area contributed by atoms with Crippen LogP contribution in [0.4, 0.5) is 5.69 Å². The van der Waals surface area contributed by atoms with Crippen molar-refractivity contribution in [1.29, 1.82) is 0 Å². The number of hydrogen-bond acceptors (Lipinski definition) is 4. The van der Waals surface area contributed by atoms with Gasteiger partial charge in [-0.2, -0.15) is 5.10 Å². The molecule has 5 heteroatoms. The molecule has 0 bridgehead atoms. The van der Waals surface area contributed by atoms with Gasteiger partial charge in [-0.25, -0.2) is 0 Å². The zero-order valence-corrected chi connectivity index (χ0v) is 10.3. The van der Waals surface area contributed by atoms with Gasteiger partial charge in [0, 0.05) is 20.3 Å². The summed E-state index contributed by atoms with van der Waals surface area (Å²) in [5.74, 6) is 0. The second kappa shape index (κ2) is 6.50. The second-order valence-corrected chi connectivity index (χ2v) is 3.77. The third kappa shape index (κ3) is 3.50. The fourth-order valence-electron chi connectivity index (χ4n) is 1.49. The Bertz CT molecular complexity index is 323. The maximum Gasteiger partial charge on any atom is 0.0825 e. The molecule has 0 amide bonds. The summed E-state index contributed by atoms with van der Waals surface area (Å²) in [6.45, 7) is 6.77. The first-order valence-electron chi connectivity index (χ1n) is 5.53. The molecule has 0 atom stereocenters. The van der Waals surface area contributed by atoms with Crippen molar-refractivity contribution in [2.45, 2.75) is 26.8 Å². The van der Waals surface area contributed by atoms with Crippen molar-refractivity contribution in [2.24, 2.45) is 0 Å². The Balaban J connectivity index is 2.24. The van der Waals surface area contributed by atoms with E-state index in [0.29, 0.717) is 13.2 Å². The molecule has 0 fully saturated rings. The summed E-state index contributed by atoms with van der Waals surface area (Å²) in [4.78, 5) is 0. The van der Waals surface area contributed by atoms with E-state index in [2.05, 4.69) is 5.10 Å². The number of methoxy groups -OCH3 is 1. The number of ether oxygens (including phenoxy) is 2. The van der Waals surface area contributed by atoms with Crippen molar-refractivity contribution in [2.75, 3.05) is 32.7 Å². The maximum absolute atomic E-state index is 5.84.